The lowest BCUT2D eigenvalue weighted by molar-refractivity contribution is -0.00981. The number of nitrogens with one attached hydrogen (secondary N) is 1. The third kappa shape index (κ3) is 3.50. The maximum Gasteiger partial charge on any atom is 0.162 e. The monoisotopic (exact) mass is 257 g/mol. The second kappa shape index (κ2) is 6.25. The molecule has 4 heteroatoms. The van der Waals surface area contributed by atoms with Crippen LogP contribution < -0.4 is 5.32 Å². The first-order valence-electron chi connectivity index (χ1n) is 6.13. The van der Waals surface area contributed by atoms with Gasteiger partial charge in [-0.2, -0.15) is 0 Å². The zero-order chi connectivity index (χ0) is 13.8. The number of hydrogen-bond donors (Lipinski definition) is 1. The first-order chi connectivity index (χ1) is 8.42. The summed E-state index contributed by atoms with van der Waals surface area (Å²) < 4.78 is 32.2. The Balaban J connectivity index is 2.93. The fourth-order valence-corrected chi connectivity index (χ4v) is 1.88. The van der Waals surface area contributed by atoms with Crippen LogP contribution in [0.25, 0.3) is 0 Å². The lowest BCUT2D eigenvalue weighted by atomic mass is 9.92. The van der Waals surface area contributed by atoms with Crippen LogP contribution in [0.15, 0.2) is 18.2 Å². The van der Waals surface area contributed by atoms with Crippen LogP contribution in [-0.2, 0) is 11.2 Å². The number of benzene rings is 1. The van der Waals surface area contributed by atoms with Crippen LogP contribution in [0.4, 0.5) is 8.78 Å². The zero-order valence-electron chi connectivity index (χ0n) is 11.4. The molecule has 1 aromatic rings. The predicted octanol–water partition coefficient (Wildman–Crippen LogP) is 2.91. The molecule has 0 fully saturated rings. The molecule has 2 nitrogen and oxygen atoms in total. The minimum Gasteiger partial charge on any atom is -0.377 e. The van der Waals surface area contributed by atoms with E-state index in [1.54, 1.807) is 13.2 Å². The first kappa shape index (κ1) is 15.1. The second-order valence-corrected chi connectivity index (χ2v) is 4.83. The molecule has 0 saturated heterocycles. The number of methoxy groups -OCH3 is 1. The van der Waals surface area contributed by atoms with E-state index in [0.717, 1.165) is 12.6 Å². The van der Waals surface area contributed by atoms with E-state index in [1.807, 2.05) is 20.8 Å². The zero-order valence-corrected chi connectivity index (χ0v) is 11.4. The average Bonchev–Trinajstić information content (AvgIpc) is 2.34. The number of likely N-dealkylation sites (N-methyl/N-ethyl adjacent to an activating group) is 1. The Kier molecular flexibility index (Phi) is 5.23. The molecule has 1 aromatic carbocycles. The largest absolute Gasteiger partial charge is 0.377 e. The minimum atomic E-state index is -0.807. The summed E-state index contributed by atoms with van der Waals surface area (Å²) in [7, 11) is 1.62. The quantitative estimate of drug-likeness (QED) is 0.846. The van der Waals surface area contributed by atoms with Gasteiger partial charge in [-0.1, -0.05) is 19.1 Å². The molecule has 0 aliphatic heterocycles. The van der Waals surface area contributed by atoms with E-state index in [0.29, 0.717) is 12.0 Å². The van der Waals surface area contributed by atoms with Crippen molar-refractivity contribution in [2.24, 2.45) is 0 Å². The summed E-state index contributed by atoms with van der Waals surface area (Å²) in [6.07, 6.45) is 0.387. The van der Waals surface area contributed by atoms with Gasteiger partial charge >= 0.3 is 0 Å². The molecule has 18 heavy (non-hydrogen) atoms. The standard InChI is InChI=1S/C14H21F2NO/c1-5-17-12(14(2,3)18-4)9-10-7-6-8-11(15)13(10)16/h6-8,12,17H,5,9H2,1-4H3. The molecule has 0 heterocycles. The molecule has 0 aliphatic rings. The first-order valence-corrected chi connectivity index (χ1v) is 6.13. The maximum absolute atomic E-state index is 13.7. The van der Waals surface area contributed by atoms with E-state index in [-0.39, 0.29) is 6.04 Å². The van der Waals surface area contributed by atoms with E-state index in [2.05, 4.69) is 5.32 Å². The molecule has 0 bridgehead atoms. The molecule has 0 radical (unpaired) electrons. The summed E-state index contributed by atoms with van der Waals surface area (Å²) in [4.78, 5) is 0. The van der Waals surface area contributed by atoms with E-state index >= 15 is 0 Å². The lowest BCUT2D eigenvalue weighted by Gasteiger charge is -2.34. The van der Waals surface area contributed by atoms with Crippen LogP contribution in [0.2, 0.25) is 0 Å². The Bertz CT molecular complexity index is 393. The Labute approximate surface area is 107 Å². The van der Waals surface area contributed by atoms with Crippen molar-refractivity contribution in [1.29, 1.82) is 0 Å². The third-order valence-electron chi connectivity index (χ3n) is 3.27. The molecule has 1 N–H and O–H groups in total. The number of rotatable bonds is 6. The molecule has 1 unspecified atom stereocenters. The highest BCUT2D eigenvalue weighted by molar-refractivity contribution is 5.20. The van der Waals surface area contributed by atoms with E-state index in [1.165, 1.54) is 6.07 Å². The summed E-state index contributed by atoms with van der Waals surface area (Å²) in [5, 5.41) is 3.25. The Morgan fingerprint density at radius 2 is 2.00 bits per heavy atom. The number of ether oxygens (including phenoxy) is 1. The van der Waals surface area contributed by atoms with Crippen molar-refractivity contribution in [3.05, 3.63) is 35.4 Å². The van der Waals surface area contributed by atoms with Gasteiger partial charge < -0.3 is 10.1 Å². The lowest BCUT2D eigenvalue weighted by Crippen LogP contribution is -2.49. The Hall–Kier alpha value is -1.00. The highest BCUT2D eigenvalue weighted by Crippen LogP contribution is 2.20. The SMILES string of the molecule is CCNC(Cc1cccc(F)c1F)C(C)(C)OC. The highest BCUT2D eigenvalue weighted by Gasteiger charge is 2.29. The summed E-state index contributed by atoms with van der Waals surface area (Å²) in [6, 6.07) is 4.18. The normalized spacial score (nSPS) is 13.7. The summed E-state index contributed by atoms with van der Waals surface area (Å²) in [6.45, 7) is 6.57. The molecular formula is C14H21F2NO. The van der Waals surface area contributed by atoms with E-state index in [9.17, 15) is 8.78 Å². The van der Waals surface area contributed by atoms with Crippen molar-refractivity contribution in [2.75, 3.05) is 13.7 Å². The fourth-order valence-electron chi connectivity index (χ4n) is 1.88. The van der Waals surface area contributed by atoms with Crippen LogP contribution in [0.5, 0.6) is 0 Å². The number of hydrogen-bond acceptors (Lipinski definition) is 2. The van der Waals surface area contributed by atoms with Gasteiger partial charge in [-0.15, -0.1) is 0 Å². The van der Waals surface area contributed by atoms with Crippen molar-refractivity contribution >= 4 is 0 Å². The van der Waals surface area contributed by atoms with Crippen molar-refractivity contribution in [3.8, 4) is 0 Å². The predicted molar refractivity (Wildman–Crippen MR) is 68.6 cm³/mol. The molecule has 0 saturated carbocycles. The van der Waals surface area contributed by atoms with Crippen molar-refractivity contribution < 1.29 is 13.5 Å². The molecule has 1 atom stereocenters. The molecule has 0 aromatic heterocycles. The summed E-state index contributed by atoms with van der Waals surface area (Å²) in [5.74, 6) is -1.58. The fraction of sp³-hybridized carbons (Fsp3) is 0.571. The van der Waals surface area contributed by atoms with Crippen LogP contribution in [-0.4, -0.2) is 25.3 Å². The van der Waals surface area contributed by atoms with Crippen molar-refractivity contribution in [1.82, 2.24) is 5.32 Å². The number of halogens is 2. The van der Waals surface area contributed by atoms with E-state index in [4.69, 9.17) is 4.74 Å². The molecule has 1 rings (SSSR count). The van der Waals surface area contributed by atoms with Gasteiger partial charge in [0.05, 0.1) is 5.60 Å². The van der Waals surface area contributed by atoms with Crippen LogP contribution in [0.3, 0.4) is 0 Å². The van der Waals surface area contributed by atoms with Gasteiger partial charge in [-0.25, -0.2) is 8.78 Å². The summed E-state index contributed by atoms with van der Waals surface area (Å²) >= 11 is 0. The molecule has 102 valence electrons. The molecule has 0 spiro atoms. The topological polar surface area (TPSA) is 21.3 Å². The average molecular weight is 257 g/mol. The van der Waals surface area contributed by atoms with E-state index < -0.39 is 17.2 Å². The van der Waals surface area contributed by atoms with Gasteiger partial charge in [0, 0.05) is 13.2 Å². The van der Waals surface area contributed by atoms with Gasteiger partial charge in [-0.3, -0.25) is 0 Å². The second-order valence-electron chi connectivity index (χ2n) is 4.83. The Morgan fingerprint density at radius 1 is 1.33 bits per heavy atom. The molecule has 0 amide bonds. The van der Waals surface area contributed by atoms with Gasteiger partial charge in [0.1, 0.15) is 0 Å². The van der Waals surface area contributed by atoms with Gasteiger partial charge in [0.2, 0.25) is 0 Å². The molecular weight excluding hydrogens is 236 g/mol. The van der Waals surface area contributed by atoms with Crippen LogP contribution in [0, 0.1) is 11.6 Å². The van der Waals surface area contributed by atoms with Gasteiger partial charge in [0.25, 0.3) is 0 Å². The highest BCUT2D eigenvalue weighted by atomic mass is 19.2. The van der Waals surface area contributed by atoms with Crippen LogP contribution in [0.1, 0.15) is 26.3 Å². The van der Waals surface area contributed by atoms with Gasteiger partial charge in [0.15, 0.2) is 11.6 Å². The molecule has 0 aliphatic carbocycles. The van der Waals surface area contributed by atoms with Crippen LogP contribution >= 0.6 is 0 Å². The van der Waals surface area contributed by atoms with Crippen molar-refractivity contribution in [3.63, 3.8) is 0 Å². The smallest absolute Gasteiger partial charge is 0.162 e. The van der Waals surface area contributed by atoms with Crippen molar-refractivity contribution in [2.45, 2.75) is 38.8 Å². The summed E-state index contributed by atoms with van der Waals surface area (Å²) in [5.41, 5.74) is -0.0829. The van der Waals surface area contributed by atoms with Gasteiger partial charge in [-0.05, 0) is 38.4 Å². The maximum atomic E-state index is 13.7. The minimum absolute atomic E-state index is 0.0798. The third-order valence-corrected chi connectivity index (χ3v) is 3.27. The Morgan fingerprint density at radius 3 is 2.56 bits per heavy atom.